The molecule has 2 fully saturated rings. The first-order chi connectivity index (χ1) is 62.5. The predicted octanol–water partition coefficient (Wildman–Crippen LogP) is 16.6. The van der Waals surface area contributed by atoms with Gasteiger partial charge in [0.2, 0.25) is 0 Å². The number of carbonyl (C=O) groups is 7. The third kappa shape index (κ3) is 52.7. The number of aliphatic imine (C=N–C) groups is 1. The lowest BCUT2D eigenvalue weighted by molar-refractivity contribution is -0.873. The number of hydrogen-bond donors (Lipinski definition) is 13. The maximum absolute atomic E-state index is 12.5. The number of ketones is 6. The van der Waals surface area contributed by atoms with Gasteiger partial charge in [-0.05, 0) is 215 Å². The molecule has 0 spiro atoms. The number of quaternary nitrogens is 1. The lowest BCUT2D eigenvalue weighted by Gasteiger charge is -2.43. The highest BCUT2D eigenvalue weighted by atomic mass is 35.5. The molecule has 7 rings (SSSR count). The molecule has 0 saturated carbocycles. The van der Waals surface area contributed by atoms with Crippen molar-refractivity contribution in [2.24, 2.45) is 49.1 Å². The van der Waals surface area contributed by atoms with E-state index in [9.17, 15) is 64.2 Å². The number of carbonyl (C=O) groups excluding carboxylic acids is 7. The summed E-state index contributed by atoms with van der Waals surface area (Å²) in [6.45, 7) is 73.2. The molecule has 3 aromatic carbocycles. The van der Waals surface area contributed by atoms with Crippen LogP contribution in [0.4, 0.5) is 0 Å². The van der Waals surface area contributed by atoms with Crippen LogP contribution in [-0.2, 0) is 43.0 Å². The van der Waals surface area contributed by atoms with Crippen molar-refractivity contribution in [3.8, 4) is 11.5 Å². The molecular formula is C109H189ClN7O20S+. The molecule has 4 aliphatic heterocycles. The summed E-state index contributed by atoms with van der Waals surface area (Å²) >= 11 is 9.92. The minimum atomic E-state index is -1.25. The zero-order valence-electron chi connectivity index (χ0n) is 92.0. The number of amidine groups is 1. The van der Waals surface area contributed by atoms with Crippen LogP contribution in [0.1, 0.15) is 307 Å². The van der Waals surface area contributed by atoms with E-state index in [2.05, 4.69) is 112 Å². The standard InChI is InChI=1S/C21H23ClO3.C19H30O2.C12H22O.C11H24NO2.C10H15N3O.2C10H21NO5.C10H18O.C6H15NS/c1-20(2,3)19(24)21(4,5)25-17-12-8-15(9-13-17)18(23)14-6-10-16(22)11-7-14;1-14-9-10-15(2)16(13-14)21-12-8-11-19(6,7)17(20)18(3,4)5;1-6-7-8-9-12(4,5)11(13)10(2)3;1-11(2,3)10(14)7-9(13)8-12(4,5)6;1-10(2,3)13-6-12-8-7(9(13)14)4-5-11-8;1-10(2,3)16-9-6(11)8(14)7(13)5(4-12)15-9;1-10(2,3)11-6-8(14)7(13)5(4-12)16-9(6)15;1-5-6-7-8-9(11)10(2,3)4;1-6(2,3)7-4-5-8/h6-13H,1-5H3;9-10,13H,8,11-12H2,1-7H3;7-8,10H,6,9H2,1-5H3;9,13H,7-8H2,1-6H3;4H,5-6H2,1-3H3,(H,11,12);5-9,12-14H,4,11H2,1-3H3;5-9,11-15H,4H2,1-3H3;6-7H,5,8H2,1-4H3;7-8H,4-5H2,1-3H3/q;;;+1;;;;;/b;;8-7-;;;;;7-6-;/t;;;;;5?,6?,7-,8-,9-;5?,6?,7-,8-,9+;;/m.....11../s1. The van der Waals surface area contributed by atoms with E-state index in [1.165, 1.54) is 5.56 Å². The van der Waals surface area contributed by atoms with Crippen LogP contribution < -0.4 is 31.2 Å². The Hall–Kier alpha value is -6.52. The van der Waals surface area contributed by atoms with Gasteiger partial charge in [0.25, 0.3) is 5.91 Å². The van der Waals surface area contributed by atoms with Crippen molar-refractivity contribution in [3.05, 3.63) is 130 Å². The maximum Gasteiger partial charge on any atom is 0.259 e. The first kappa shape index (κ1) is 134. The van der Waals surface area contributed by atoms with Gasteiger partial charge in [-0.15, -0.1) is 0 Å². The second-order valence-corrected chi connectivity index (χ2v) is 48.0. The summed E-state index contributed by atoms with van der Waals surface area (Å²) in [5.74, 6) is 4.44. The normalized spacial score (nSPS) is 20.2. The number of nitrogens with one attached hydrogen (secondary N) is 3. The Bertz CT molecular complexity index is 4270. The number of Topliss-reactive ketones (excluding diaryl/α,β-unsaturated/α-hetero) is 5. The number of fused-ring (bicyclic) bond motifs is 1. The zero-order valence-corrected chi connectivity index (χ0v) is 93.6. The maximum atomic E-state index is 12.5. The van der Waals surface area contributed by atoms with Crippen LogP contribution in [0.15, 0.2) is 108 Å². The highest BCUT2D eigenvalue weighted by molar-refractivity contribution is 7.80. The number of thiol groups is 1. The summed E-state index contributed by atoms with van der Waals surface area (Å²) in [6.07, 6.45) is 6.42. The molecule has 0 radical (unpaired) electrons. The van der Waals surface area contributed by atoms with E-state index in [1.807, 2.05) is 226 Å². The number of likely N-dealkylation sites (N-methyl/N-ethyl adjacent to an activating group) is 1. The molecule has 5 unspecified atom stereocenters. The lowest BCUT2D eigenvalue weighted by Crippen LogP contribution is -2.65. The van der Waals surface area contributed by atoms with E-state index in [-0.39, 0.29) is 79.3 Å². The Balaban J connectivity index is 0. The molecule has 13 N–H and O–H groups in total. The van der Waals surface area contributed by atoms with Crippen LogP contribution in [0.3, 0.4) is 0 Å². The summed E-state index contributed by atoms with van der Waals surface area (Å²) in [6, 6.07) is 18.2. The van der Waals surface area contributed by atoms with Crippen molar-refractivity contribution < 1.29 is 103 Å². The molecule has 3 aromatic rings. The first-order valence-corrected chi connectivity index (χ1v) is 49.6. The summed E-state index contributed by atoms with van der Waals surface area (Å²) in [4.78, 5) is 90.1. The third-order valence-electron chi connectivity index (χ3n) is 21.6. The van der Waals surface area contributed by atoms with Crippen molar-refractivity contribution in [2.75, 3.05) is 73.0 Å². The van der Waals surface area contributed by atoms with Gasteiger partial charge >= 0.3 is 0 Å². The molecule has 4 heterocycles. The quantitative estimate of drug-likeness (QED) is 0.0101. The van der Waals surface area contributed by atoms with Gasteiger partial charge in [0.1, 0.15) is 96.4 Å². The van der Waals surface area contributed by atoms with E-state index >= 15 is 0 Å². The minimum Gasteiger partial charge on any atom is -0.493 e. The van der Waals surface area contributed by atoms with Crippen LogP contribution in [0.5, 0.6) is 11.5 Å². The number of hydrogen-bond acceptors (Lipinski definition) is 26. The zero-order chi connectivity index (χ0) is 108. The fourth-order valence-electron chi connectivity index (χ4n) is 14.1. The third-order valence-corrected chi connectivity index (χ3v) is 22.1. The van der Waals surface area contributed by atoms with Crippen molar-refractivity contribution in [1.82, 2.24) is 20.9 Å². The molecule has 792 valence electrons. The summed E-state index contributed by atoms with van der Waals surface area (Å²) < 4.78 is 28.2. The van der Waals surface area contributed by atoms with E-state index in [4.69, 9.17) is 51.2 Å². The number of allylic oxidation sites excluding steroid dienone is 4. The number of aryl methyl sites for hydroxylation is 2. The van der Waals surface area contributed by atoms with Gasteiger partial charge in [0.05, 0.1) is 64.2 Å². The number of aliphatic hydroxyl groups is 8. The molecule has 11 atom stereocenters. The molecule has 27 nitrogen and oxygen atoms in total. The number of halogens is 1. The van der Waals surface area contributed by atoms with Crippen LogP contribution >= 0.6 is 24.2 Å². The van der Waals surface area contributed by atoms with Crippen molar-refractivity contribution >= 4 is 70.7 Å². The SMILES string of the molecule is CC(C)(C)C(=O)C(C)(C)Oc1ccc(C(=O)c2ccc(Cl)cc2)cc1.CC(C)(C)C(=O)CC(O)C[N+](C)(C)C.CC(C)(C)N1CN=C2NCC=C2C1=O.CC(C)(C)NC1[C@@H](O)[C@H](O)C(CO)O[C@@H]1O.CC(C)(C)NCCS.CC(C)(C)O[C@H]1OC(CO)[C@@H](O)[C@H](O)C1N.CC/C=C\CC(=O)C(C)(C)C.CC/C=C\CC(C)(C)C(=O)C(C)C.Cc1ccc(C)c(OCCCC(C)(C)C(=O)C(C)(C)C)c1. The van der Waals surface area contributed by atoms with Crippen LogP contribution in [0.25, 0.3) is 0 Å². The summed E-state index contributed by atoms with van der Waals surface area (Å²) in [7, 11) is 6.01. The summed E-state index contributed by atoms with van der Waals surface area (Å²) in [5, 5.41) is 85.8. The number of rotatable bonds is 29. The Labute approximate surface area is 842 Å². The molecule has 0 aliphatic carbocycles. The van der Waals surface area contributed by atoms with Gasteiger partial charge in [0, 0.05) is 103 Å². The van der Waals surface area contributed by atoms with Gasteiger partial charge in [0.15, 0.2) is 29.7 Å². The molecular weight excluding hydrogens is 1790 g/mol. The minimum absolute atomic E-state index is 0.0151. The number of nitrogens with zero attached hydrogens (tertiary/aromatic N) is 3. The van der Waals surface area contributed by atoms with E-state index in [1.54, 1.807) is 67.3 Å². The highest BCUT2D eigenvalue weighted by Crippen LogP contribution is 2.35. The molecule has 0 aromatic heterocycles. The van der Waals surface area contributed by atoms with Crippen molar-refractivity contribution in [2.45, 2.75) is 389 Å². The summed E-state index contributed by atoms with van der Waals surface area (Å²) in [5.41, 5.74) is 6.47. The van der Waals surface area contributed by atoms with Gasteiger partial charge in [-0.1, -0.05) is 187 Å². The Morgan fingerprint density at radius 1 is 0.645 bits per heavy atom. The number of amides is 1. The Kier molecular flexibility index (Phi) is 57.1. The van der Waals surface area contributed by atoms with Gasteiger partial charge in [-0.3, -0.25) is 33.6 Å². The van der Waals surface area contributed by atoms with Crippen LogP contribution in [0, 0.1) is 52.3 Å². The first-order valence-electron chi connectivity index (χ1n) is 48.6. The molecule has 1 amide bonds. The van der Waals surface area contributed by atoms with E-state index in [0.29, 0.717) is 70.0 Å². The highest BCUT2D eigenvalue weighted by Gasteiger charge is 2.47. The second-order valence-electron chi connectivity index (χ2n) is 47.1. The molecule has 138 heavy (non-hydrogen) atoms. The monoisotopic (exact) mass is 1980 g/mol. The molecule has 29 heteroatoms. The van der Waals surface area contributed by atoms with Crippen molar-refractivity contribution in [1.29, 1.82) is 0 Å². The topological polar surface area (TPSA) is 405 Å². The number of benzene rings is 3. The van der Waals surface area contributed by atoms with E-state index in [0.717, 1.165) is 73.7 Å². The average Bonchev–Trinajstić information content (AvgIpc) is 1.64. The average molecular weight is 1990 g/mol. The van der Waals surface area contributed by atoms with Gasteiger partial charge in [-0.2, -0.15) is 12.6 Å². The molecule has 2 saturated heterocycles. The number of ether oxygens (including phenoxy) is 5. The van der Waals surface area contributed by atoms with Gasteiger partial charge < -0.3 is 95.6 Å². The largest absolute Gasteiger partial charge is 0.493 e. The number of aliphatic hydroxyl groups excluding tert-OH is 8. The Morgan fingerprint density at radius 3 is 1.57 bits per heavy atom. The van der Waals surface area contributed by atoms with Crippen LogP contribution in [0.2, 0.25) is 5.02 Å². The fourth-order valence-corrected chi connectivity index (χ4v) is 14.3. The molecule has 0 bridgehead atoms. The lowest BCUT2D eigenvalue weighted by atomic mass is 9.72. The fraction of sp³-hybridized carbons (Fsp3) is 0.706. The second kappa shape index (κ2) is 59.0. The van der Waals surface area contributed by atoms with Crippen LogP contribution in [-0.4, -0.2) is 265 Å². The van der Waals surface area contributed by atoms with Crippen molar-refractivity contribution in [3.63, 3.8) is 0 Å². The molecule has 4 aliphatic rings. The predicted molar refractivity (Wildman–Crippen MR) is 563 cm³/mol. The Morgan fingerprint density at radius 2 is 1.14 bits per heavy atom. The van der Waals surface area contributed by atoms with E-state index < -0.39 is 97.2 Å². The smallest absolute Gasteiger partial charge is 0.259 e. The number of nitrogens with two attached hydrogens (primary N) is 1. The van der Waals surface area contributed by atoms with Gasteiger partial charge in [-0.25, -0.2) is 4.99 Å².